The molecular formula is C64H47NO. The van der Waals surface area contributed by atoms with Crippen LogP contribution in [0.1, 0.15) is 49.9 Å². The van der Waals surface area contributed by atoms with Crippen molar-refractivity contribution in [3.05, 3.63) is 235 Å². The maximum atomic E-state index is 6.71. The van der Waals surface area contributed by atoms with E-state index in [1.165, 1.54) is 72.1 Å². The maximum Gasteiger partial charge on any atom is 0.143 e. The molecule has 0 amide bonds. The smallest absolute Gasteiger partial charge is 0.143 e. The first kappa shape index (κ1) is 38.5. The predicted octanol–water partition coefficient (Wildman–Crippen LogP) is 17.8. The van der Waals surface area contributed by atoms with Crippen LogP contribution in [0.4, 0.5) is 17.1 Å². The lowest BCUT2D eigenvalue weighted by molar-refractivity contribution is 0.660. The van der Waals surface area contributed by atoms with Crippen LogP contribution in [0.2, 0.25) is 0 Å². The van der Waals surface area contributed by atoms with Gasteiger partial charge >= 0.3 is 0 Å². The monoisotopic (exact) mass is 845 g/mol. The van der Waals surface area contributed by atoms with Gasteiger partial charge in [0.1, 0.15) is 11.2 Å². The molecule has 0 spiro atoms. The summed E-state index contributed by atoms with van der Waals surface area (Å²) in [6.45, 7) is 9.51. The Morgan fingerprint density at radius 2 is 0.924 bits per heavy atom. The van der Waals surface area contributed by atoms with E-state index in [2.05, 4.69) is 245 Å². The largest absolute Gasteiger partial charge is 0.455 e. The highest BCUT2D eigenvalue weighted by Crippen LogP contribution is 2.55. The zero-order valence-electron chi connectivity index (χ0n) is 37.6. The SMILES string of the molecule is CC1(C)c2ccccc2-c2ccc(-c3ccccc3N(c3cccc(-c4cccc5oc6c7ccccc7ccc6c45)c3)c3ccccc3-c3cccc4c3C(C)(C)c3ccccc3-4)cc21. The zero-order chi connectivity index (χ0) is 44.3. The van der Waals surface area contributed by atoms with Gasteiger partial charge in [0.2, 0.25) is 0 Å². The van der Waals surface area contributed by atoms with Crippen LogP contribution in [0.5, 0.6) is 0 Å². The van der Waals surface area contributed by atoms with E-state index in [-0.39, 0.29) is 10.8 Å². The highest BCUT2D eigenvalue weighted by Gasteiger charge is 2.39. The lowest BCUT2D eigenvalue weighted by atomic mass is 9.78. The van der Waals surface area contributed by atoms with Gasteiger partial charge in [-0.2, -0.15) is 0 Å². The minimum Gasteiger partial charge on any atom is -0.455 e. The number of anilines is 3. The number of furan rings is 1. The molecule has 2 aliphatic rings. The summed E-state index contributed by atoms with van der Waals surface area (Å²) in [4.78, 5) is 2.51. The van der Waals surface area contributed by atoms with Crippen molar-refractivity contribution in [3.63, 3.8) is 0 Å². The number of hydrogen-bond acceptors (Lipinski definition) is 2. The second-order valence-corrected chi connectivity index (χ2v) is 19.2. The quantitative estimate of drug-likeness (QED) is 0.166. The van der Waals surface area contributed by atoms with Crippen LogP contribution in [0.25, 0.3) is 88.3 Å². The summed E-state index contributed by atoms with van der Waals surface area (Å²) < 4.78 is 6.71. The van der Waals surface area contributed by atoms with E-state index in [1.54, 1.807) is 0 Å². The molecule has 1 aromatic heterocycles. The molecule has 0 saturated heterocycles. The van der Waals surface area contributed by atoms with Crippen molar-refractivity contribution in [2.45, 2.75) is 38.5 Å². The fourth-order valence-electron chi connectivity index (χ4n) is 11.8. The molecule has 0 unspecified atom stereocenters. The molecule has 2 heteroatoms. The van der Waals surface area contributed by atoms with E-state index < -0.39 is 0 Å². The Bertz CT molecular complexity index is 3790. The molecule has 0 radical (unpaired) electrons. The molecule has 2 nitrogen and oxygen atoms in total. The van der Waals surface area contributed by atoms with Gasteiger partial charge in [0.05, 0.1) is 11.4 Å². The van der Waals surface area contributed by atoms with Crippen LogP contribution in [0, 0.1) is 0 Å². The first-order valence-electron chi connectivity index (χ1n) is 23.2. The lowest BCUT2D eigenvalue weighted by Crippen LogP contribution is -2.17. The maximum absolute atomic E-state index is 6.71. The van der Waals surface area contributed by atoms with E-state index >= 15 is 0 Å². The number of nitrogens with zero attached hydrogens (tertiary/aromatic N) is 1. The average Bonchev–Trinajstić information content (AvgIpc) is 3.95. The summed E-state index contributed by atoms with van der Waals surface area (Å²) in [5.74, 6) is 0. The van der Waals surface area contributed by atoms with Gasteiger partial charge in [-0.3, -0.25) is 0 Å². The molecule has 1 heterocycles. The third-order valence-electron chi connectivity index (χ3n) is 14.9. The first-order chi connectivity index (χ1) is 32.3. The van der Waals surface area contributed by atoms with Crippen molar-refractivity contribution in [1.29, 1.82) is 0 Å². The minimum absolute atomic E-state index is 0.125. The van der Waals surface area contributed by atoms with Crippen molar-refractivity contribution in [3.8, 4) is 55.6 Å². The lowest BCUT2D eigenvalue weighted by Gasteiger charge is -2.32. The summed E-state index contributed by atoms with van der Waals surface area (Å²) in [7, 11) is 0. The molecule has 314 valence electrons. The topological polar surface area (TPSA) is 16.4 Å². The van der Waals surface area contributed by atoms with E-state index in [4.69, 9.17) is 4.42 Å². The molecule has 10 aromatic carbocycles. The second kappa shape index (κ2) is 14.3. The molecule has 0 bridgehead atoms. The molecule has 0 atom stereocenters. The summed E-state index contributed by atoms with van der Waals surface area (Å²) in [6.07, 6.45) is 0. The fourth-order valence-corrected chi connectivity index (χ4v) is 11.8. The summed E-state index contributed by atoms with van der Waals surface area (Å²) in [5, 5.41) is 4.56. The van der Waals surface area contributed by atoms with E-state index in [9.17, 15) is 0 Å². The van der Waals surface area contributed by atoms with E-state index in [1.807, 2.05) is 0 Å². The first-order valence-corrected chi connectivity index (χ1v) is 23.2. The number of para-hydroxylation sites is 2. The van der Waals surface area contributed by atoms with Crippen molar-refractivity contribution < 1.29 is 4.42 Å². The van der Waals surface area contributed by atoms with Gasteiger partial charge in [-0.15, -0.1) is 0 Å². The molecule has 0 fully saturated rings. The predicted molar refractivity (Wildman–Crippen MR) is 277 cm³/mol. The molecule has 0 saturated carbocycles. The Balaban J connectivity index is 1.04. The van der Waals surface area contributed by atoms with Crippen LogP contribution in [-0.2, 0) is 10.8 Å². The Morgan fingerprint density at radius 1 is 0.364 bits per heavy atom. The summed E-state index contributed by atoms with van der Waals surface area (Å²) in [6, 6.07) is 78.4. The van der Waals surface area contributed by atoms with Gasteiger partial charge in [0, 0.05) is 43.8 Å². The van der Waals surface area contributed by atoms with E-state index in [0.717, 1.165) is 55.5 Å². The van der Waals surface area contributed by atoms with Gasteiger partial charge in [0.15, 0.2) is 0 Å². The van der Waals surface area contributed by atoms with Crippen LogP contribution >= 0.6 is 0 Å². The minimum atomic E-state index is -0.190. The third kappa shape index (κ3) is 5.55. The molecular weight excluding hydrogens is 799 g/mol. The standard InChI is InChI=1S/C64H47NO/c1-63(2)54-29-11-7-23-47(54)49-36-35-42(39-56(49)63)44-21-9-13-31-57(44)65(58-32-14-10-25-50(58)52-28-16-27-51-48-24-8-12-30-55(48)64(3,4)61(51)52)43-20-15-19-41(38-43)45-26-17-33-59-60(45)53-37-34-40-18-5-6-22-46(40)62(53)66-59/h5-39H,1-4H3. The van der Waals surface area contributed by atoms with Crippen LogP contribution in [-0.4, -0.2) is 0 Å². The summed E-state index contributed by atoms with van der Waals surface area (Å²) in [5.41, 5.74) is 22.7. The third-order valence-corrected chi connectivity index (χ3v) is 14.9. The van der Waals surface area contributed by atoms with Gasteiger partial charge in [0.25, 0.3) is 0 Å². The highest BCUT2D eigenvalue weighted by molar-refractivity contribution is 6.19. The van der Waals surface area contributed by atoms with Gasteiger partial charge in [-0.25, -0.2) is 0 Å². The van der Waals surface area contributed by atoms with Crippen LogP contribution in [0.3, 0.4) is 0 Å². The Hall–Kier alpha value is -7.94. The molecule has 2 aliphatic carbocycles. The number of hydrogen-bond donors (Lipinski definition) is 0. The Morgan fingerprint density at radius 3 is 1.73 bits per heavy atom. The zero-order valence-corrected chi connectivity index (χ0v) is 37.6. The molecule has 11 aromatic rings. The van der Waals surface area contributed by atoms with Crippen molar-refractivity contribution in [1.82, 2.24) is 0 Å². The molecule has 0 N–H and O–H groups in total. The van der Waals surface area contributed by atoms with Crippen molar-refractivity contribution in [2.75, 3.05) is 4.90 Å². The van der Waals surface area contributed by atoms with Crippen molar-refractivity contribution >= 4 is 49.8 Å². The molecule has 0 aliphatic heterocycles. The van der Waals surface area contributed by atoms with Crippen molar-refractivity contribution in [2.24, 2.45) is 0 Å². The Labute approximate surface area is 386 Å². The molecule has 66 heavy (non-hydrogen) atoms. The van der Waals surface area contributed by atoms with Gasteiger partial charge < -0.3 is 9.32 Å². The number of rotatable bonds is 6. The van der Waals surface area contributed by atoms with E-state index in [0.29, 0.717) is 0 Å². The number of fused-ring (bicyclic) bond motifs is 11. The van der Waals surface area contributed by atoms with Gasteiger partial charge in [-0.1, -0.05) is 198 Å². The second-order valence-electron chi connectivity index (χ2n) is 19.2. The normalized spacial score (nSPS) is 14.0. The molecule has 13 rings (SSSR count). The van der Waals surface area contributed by atoms with Crippen LogP contribution in [0.15, 0.2) is 217 Å². The average molecular weight is 846 g/mol. The summed E-state index contributed by atoms with van der Waals surface area (Å²) >= 11 is 0. The fraction of sp³-hybridized carbons (Fsp3) is 0.0938. The highest BCUT2D eigenvalue weighted by atomic mass is 16.3. The number of benzene rings is 10. The van der Waals surface area contributed by atoms with Crippen LogP contribution < -0.4 is 4.90 Å². The van der Waals surface area contributed by atoms with Gasteiger partial charge in [-0.05, 0) is 115 Å². The Kier molecular flexibility index (Phi) is 8.33.